The van der Waals surface area contributed by atoms with E-state index < -0.39 is 6.04 Å². The third-order valence-electron chi connectivity index (χ3n) is 3.93. The van der Waals surface area contributed by atoms with E-state index in [2.05, 4.69) is 5.32 Å². The zero-order valence-corrected chi connectivity index (χ0v) is 12.9. The first kappa shape index (κ1) is 15.5. The van der Waals surface area contributed by atoms with Crippen molar-refractivity contribution in [3.63, 3.8) is 0 Å². The van der Waals surface area contributed by atoms with E-state index in [1.807, 2.05) is 38.1 Å². The molecule has 5 nitrogen and oxygen atoms in total. The number of nitrogens with zero attached hydrogens (tertiary/aromatic N) is 1. The number of carbonyl (C=O) groups is 2. The minimum absolute atomic E-state index is 0.0403. The molecule has 1 aliphatic rings. The highest BCUT2D eigenvalue weighted by atomic mass is 16.5. The van der Waals surface area contributed by atoms with Crippen molar-refractivity contribution in [2.75, 3.05) is 19.1 Å². The van der Waals surface area contributed by atoms with Crippen LogP contribution < -0.4 is 10.2 Å². The molecule has 1 aromatic rings. The zero-order valence-electron chi connectivity index (χ0n) is 12.9. The maximum absolute atomic E-state index is 12.1. The lowest BCUT2D eigenvalue weighted by Gasteiger charge is -2.34. The Hall–Kier alpha value is -1.88. The lowest BCUT2D eigenvalue weighted by molar-refractivity contribution is -0.144. The van der Waals surface area contributed by atoms with Gasteiger partial charge >= 0.3 is 5.97 Å². The van der Waals surface area contributed by atoms with Crippen molar-refractivity contribution >= 4 is 17.6 Å². The Bertz CT molecular complexity index is 542. The fourth-order valence-corrected chi connectivity index (χ4v) is 2.67. The van der Waals surface area contributed by atoms with Crippen molar-refractivity contribution in [3.05, 3.63) is 29.8 Å². The summed E-state index contributed by atoms with van der Waals surface area (Å²) in [6.07, 6.45) is 0.341. The minimum Gasteiger partial charge on any atom is -0.468 e. The van der Waals surface area contributed by atoms with E-state index in [4.69, 9.17) is 4.74 Å². The Morgan fingerprint density at radius 3 is 2.67 bits per heavy atom. The van der Waals surface area contributed by atoms with E-state index in [0.717, 1.165) is 11.3 Å². The number of esters is 1. The molecular weight excluding hydrogens is 268 g/mol. The van der Waals surface area contributed by atoms with Gasteiger partial charge in [0.2, 0.25) is 5.91 Å². The second-order valence-corrected chi connectivity index (χ2v) is 5.68. The molecule has 2 rings (SSSR count). The second kappa shape index (κ2) is 6.26. The molecule has 0 bridgehead atoms. The predicted octanol–water partition coefficient (Wildman–Crippen LogP) is 1.88. The summed E-state index contributed by atoms with van der Waals surface area (Å²) in [7, 11) is 3.16. The monoisotopic (exact) mass is 290 g/mol. The molecule has 2 unspecified atom stereocenters. The van der Waals surface area contributed by atoms with E-state index >= 15 is 0 Å². The quantitative estimate of drug-likeness (QED) is 0.860. The summed E-state index contributed by atoms with van der Waals surface area (Å²) in [6, 6.07) is 7.17. The number of benzene rings is 1. The number of nitrogens with one attached hydrogen (secondary N) is 1. The molecule has 1 aliphatic heterocycles. The van der Waals surface area contributed by atoms with Gasteiger partial charge in [0.1, 0.15) is 6.04 Å². The molecule has 1 amide bonds. The molecule has 1 aromatic carbocycles. The van der Waals surface area contributed by atoms with Gasteiger partial charge in [-0.2, -0.15) is 0 Å². The van der Waals surface area contributed by atoms with Crippen LogP contribution in [0.5, 0.6) is 0 Å². The van der Waals surface area contributed by atoms with Crippen molar-refractivity contribution in [2.24, 2.45) is 5.92 Å². The standard InChI is InChI=1S/C16H22N2O3/c1-10(2)15(16(20)21-4)17-12-9-14(19)18(3)13-8-6-5-7-11(12)13/h5-8,10,12,15,17H,9H2,1-4H3. The van der Waals surface area contributed by atoms with E-state index in [0.29, 0.717) is 6.42 Å². The Morgan fingerprint density at radius 2 is 2.05 bits per heavy atom. The summed E-state index contributed by atoms with van der Waals surface area (Å²) in [6.45, 7) is 3.91. The van der Waals surface area contributed by atoms with E-state index in [9.17, 15) is 9.59 Å². The van der Waals surface area contributed by atoms with Gasteiger partial charge in [0.05, 0.1) is 7.11 Å². The third kappa shape index (κ3) is 3.08. The van der Waals surface area contributed by atoms with E-state index in [1.54, 1.807) is 11.9 Å². The van der Waals surface area contributed by atoms with Crippen molar-refractivity contribution < 1.29 is 14.3 Å². The Kier molecular flexibility index (Phi) is 4.63. The molecule has 0 saturated heterocycles. The predicted molar refractivity (Wildman–Crippen MR) is 81.0 cm³/mol. The number of amides is 1. The van der Waals surface area contributed by atoms with Crippen LogP contribution in [-0.4, -0.2) is 32.1 Å². The van der Waals surface area contributed by atoms with Crippen LogP contribution in [0.1, 0.15) is 31.9 Å². The smallest absolute Gasteiger partial charge is 0.323 e. The first-order chi connectivity index (χ1) is 9.95. The Labute approximate surface area is 125 Å². The molecule has 0 radical (unpaired) electrons. The summed E-state index contributed by atoms with van der Waals surface area (Å²) >= 11 is 0. The average molecular weight is 290 g/mol. The first-order valence-electron chi connectivity index (χ1n) is 7.15. The summed E-state index contributed by atoms with van der Waals surface area (Å²) in [5, 5.41) is 3.29. The number of carbonyl (C=O) groups excluding carboxylic acids is 2. The topological polar surface area (TPSA) is 58.6 Å². The highest BCUT2D eigenvalue weighted by Gasteiger charge is 2.33. The largest absolute Gasteiger partial charge is 0.468 e. The number of anilines is 1. The Morgan fingerprint density at radius 1 is 1.38 bits per heavy atom. The molecule has 2 atom stereocenters. The fourth-order valence-electron chi connectivity index (χ4n) is 2.67. The number of rotatable bonds is 4. The minimum atomic E-state index is -0.427. The highest BCUT2D eigenvalue weighted by Crippen LogP contribution is 2.34. The van der Waals surface area contributed by atoms with Gasteiger partial charge in [0, 0.05) is 25.2 Å². The highest BCUT2D eigenvalue weighted by molar-refractivity contribution is 5.96. The van der Waals surface area contributed by atoms with Gasteiger partial charge in [0.15, 0.2) is 0 Å². The third-order valence-corrected chi connectivity index (χ3v) is 3.93. The number of fused-ring (bicyclic) bond motifs is 1. The maximum atomic E-state index is 12.1. The van der Waals surface area contributed by atoms with Gasteiger partial charge in [-0.3, -0.25) is 14.9 Å². The van der Waals surface area contributed by atoms with E-state index in [1.165, 1.54) is 7.11 Å². The molecule has 0 aliphatic carbocycles. The molecule has 114 valence electrons. The molecule has 0 fully saturated rings. The van der Waals surface area contributed by atoms with Crippen LogP contribution in [0.4, 0.5) is 5.69 Å². The van der Waals surface area contributed by atoms with Crippen molar-refractivity contribution in [3.8, 4) is 0 Å². The van der Waals surface area contributed by atoms with Gasteiger partial charge in [0.25, 0.3) is 0 Å². The summed E-state index contributed by atoms with van der Waals surface area (Å²) in [4.78, 5) is 25.7. The molecule has 1 heterocycles. The molecule has 21 heavy (non-hydrogen) atoms. The van der Waals surface area contributed by atoms with Crippen LogP contribution in [0.2, 0.25) is 0 Å². The number of para-hydroxylation sites is 1. The molecule has 1 N–H and O–H groups in total. The lowest BCUT2D eigenvalue weighted by atomic mass is 9.93. The number of hydrogen-bond donors (Lipinski definition) is 1. The van der Waals surface area contributed by atoms with Crippen LogP contribution in [-0.2, 0) is 14.3 Å². The number of ether oxygens (including phenoxy) is 1. The van der Waals surface area contributed by atoms with E-state index in [-0.39, 0.29) is 23.8 Å². The number of methoxy groups -OCH3 is 1. The second-order valence-electron chi connectivity index (χ2n) is 5.68. The molecular formula is C16H22N2O3. The molecule has 0 spiro atoms. The molecule has 0 aromatic heterocycles. The van der Waals surface area contributed by atoms with Crippen LogP contribution >= 0.6 is 0 Å². The molecule has 5 heteroatoms. The van der Waals surface area contributed by atoms with Gasteiger partial charge in [-0.15, -0.1) is 0 Å². The van der Waals surface area contributed by atoms with Crippen LogP contribution in [0.15, 0.2) is 24.3 Å². The average Bonchev–Trinajstić information content (AvgIpc) is 2.48. The van der Waals surface area contributed by atoms with Gasteiger partial charge in [-0.05, 0) is 17.5 Å². The summed E-state index contributed by atoms with van der Waals surface area (Å²) in [5.74, 6) is -0.174. The SMILES string of the molecule is COC(=O)C(NC1CC(=O)N(C)c2ccccc21)C(C)C. The molecule has 0 saturated carbocycles. The fraction of sp³-hybridized carbons (Fsp3) is 0.500. The van der Waals surface area contributed by atoms with Gasteiger partial charge < -0.3 is 9.64 Å². The van der Waals surface area contributed by atoms with Gasteiger partial charge in [-0.25, -0.2) is 0 Å². The van der Waals surface area contributed by atoms with Crippen LogP contribution in [0.25, 0.3) is 0 Å². The number of hydrogen-bond acceptors (Lipinski definition) is 4. The summed E-state index contributed by atoms with van der Waals surface area (Å²) in [5.41, 5.74) is 1.92. The Balaban J connectivity index is 2.30. The normalized spacial score (nSPS) is 19.4. The van der Waals surface area contributed by atoms with Crippen molar-refractivity contribution in [2.45, 2.75) is 32.4 Å². The lowest BCUT2D eigenvalue weighted by Crippen LogP contribution is -2.47. The van der Waals surface area contributed by atoms with Crippen LogP contribution in [0.3, 0.4) is 0 Å². The summed E-state index contributed by atoms with van der Waals surface area (Å²) < 4.78 is 4.85. The maximum Gasteiger partial charge on any atom is 0.323 e. The van der Waals surface area contributed by atoms with Gasteiger partial charge in [-0.1, -0.05) is 32.0 Å². The van der Waals surface area contributed by atoms with Crippen molar-refractivity contribution in [1.82, 2.24) is 5.32 Å². The zero-order chi connectivity index (χ0) is 15.6. The van der Waals surface area contributed by atoms with Crippen LogP contribution in [0, 0.1) is 5.92 Å². The first-order valence-corrected chi connectivity index (χ1v) is 7.15. The van der Waals surface area contributed by atoms with Crippen molar-refractivity contribution in [1.29, 1.82) is 0 Å².